The normalized spacial score (nSPS) is 23.2. The number of amides is 1. The largest absolute Gasteiger partial charge is 0.456 e. The standard InChI is InChI=1S/C24H25N5O8/c1-12-18(35-13(2)30)19(36-14(3)31)20(37-15(4)32)24(34-12)29-11-27-17-21(25-10-26-22(17)29)28-23(33)16-8-6-5-7-9-16/h5-12,18-20,24H,1-4H3,(H,25,26,28,33)/t12-,18+,19+,20-,24-/m0/s1. The number of esters is 3. The van der Waals surface area contributed by atoms with Gasteiger partial charge in [0.2, 0.25) is 0 Å². The molecule has 0 saturated carbocycles. The smallest absolute Gasteiger partial charge is 0.303 e. The molecule has 1 fully saturated rings. The molecule has 1 aliphatic heterocycles. The van der Waals surface area contributed by atoms with Crippen LogP contribution in [-0.4, -0.2) is 67.7 Å². The molecule has 194 valence electrons. The monoisotopic (exact) mass is 511 g/mol. The van der Waals surface area contributed by atoms with Crippen molar-refractivity contribution in [2.45, 2.75) is 58.3 Å². The van der Waals surface area contributed by atoms with Crippen LogP contribution in [0, 0.1) is 0 Å². The van der Waals surface area contributed by atoms with Crippen molar-refractivity contribution < 1.29 is 38.1 Å². The Kier molecular flexibility index (Phi) is 7.43. The van der Waals surface area contributed by atoms with E-state index >= 15 is 0 Å². The second kappa shape index (κ2) is 10.7. The number of ether oxygens (including phenoxy) is 4. The van der Waals surface area contributed by atoms with Gasteiger partial charge in [-0.1, -0.05) is 18.2 Å². The van der Waals surface area contributed by atoms with Crippen LogP contribution < -0.4 is 5.32 Å². The predicted octanol–water partition coefficient (Wildman–Crippen LogP) is 1.79. The highest BCUT2D eigenvalue weighted by atomic mass is 16.7. The van der Waals surface area contributed by atoms with Gasteiger partial charge in [0.15, 0.2) is 41.5 Å². The highest BCUT2D eigenvalue weighted by Gasteiger charge is 2.51. The molecule has 1 aliphatic rings. The zero-order valence-electron chi connectivity index (χ0n) is 20.5. The lowest BCUT2D eigenvalue weighted by atomic mass is 9.97. The van der Waals surface area contributed by atoms with Crippen LogP contribution in [0.1, 0.15) is 44.3 Å². The van der Waals surface area contributed by atoms with Crippen molar-refractivity contribution in [3.8, 4) is 0 Å². The molecule has 0 unspecified atom stereocenters. The summed E-state index contributed by atoms with van der Waals surface area (Å²) in [7, 11) is 0. The van der Waals surface area contributed by atoms with Crippen LogP contribution in [-0.2, 0) is 33.3 Å². The Balaban J connectivity index is 1.73. The molecular formula is C24H25N5O8. The zero-order chi connectivity index (χ0) is 26.7. The molecule has 0 aliphatic carbocycles. The summed E-state index contributed by atoms with van der Waals surface area (Å²) in [5.41, 5.74) is 0.921. The topological polar surface area (TPSA) is 161 Å². The van der Waals surface area contributed by atoms with Crippen molar-refractivity contribution in [3.63, 3.8) is 0 Å². The Morgan fingerprint density at radius 2 is 1.49 bits per heavy atom. The lowest BCUT2D eigenvalue weighted by Gasteiger charge is -2.43. The van der Waals surface area contributed by atoms with Gasteiger partial charge in [0.25, 0.3) is 5.91 Å². The Bertz CT molecular complexity index is 1330. The third kappa shape index (κ3) is 5.56. The van der Waals surface area contributed by atoms with Crippen LogP contribution in [0.2, 0.25) is 0 Å². The number of hydrogen-bond donors (Lipinski definition) is 1. The molecular weight excluding hydrogens is 486 g/mol. The molecule has 4 rings (SSSR count). The van der Waals surface area contributed by atoms with Gasteiger partial charge in [-0.3, -0.25) is 23.7 Å². The van der Waals surface area contributed by atoms with E-state index in [9.17, 15) is 19.2 Å². The fourth-order valence-corrected chi connectivity index (χ4v) is 4.11. The quantitative estimate of drug-likeness (QED) is 0.379. The molecule has 1 saturated heterocycles. The SMILES string of the molecule is CC(=O)O[C@@H]1[C@H](OC(C)=O)[C@H](C)O[C@H](n2cnc3c(NC(=O)c4ccccc4)ncnc32)[C@H]1OC(C)=O. The third-order valence-corrected chi connectivity index (χ3v) is 5.55. The zero-order valence-corrected chi connectivity index (χ0v) is 20.5. The molecule has 1 amide bonds. The van der Waals surface area contributed by atoms with Gasteiger partial charge in [-0.2, -0.15) is 0 Å². The number of rotatable bonds is 6. The minimum absolute atomic E-state index is 0.153. The Morgan fingerprint density at radius 3 is 2.14 bits per heavy atom. The fourth-order valence-electron chi connectivity index (χ4n) is 4.11. The molecule has 13 nitrogen and oxygen atoms in total. The molecule has 0 spiro atoms. The van der Waals surface area contributed by atoms with Gasteiger partial charge in [0.1, 0.15) is 6.33 Å². The van der Waals surface area contributed by atoms with E-state index in [1.807, 2.05) is 0 Å². The van der Waals surface area contributed by atoms with Crippen molar-refractivity contribution in [1.82, 2.24) is 19.5 Å². The maximum atomic E-state index is 12.7. The fraction of sp³-hybridized carbons (Fsp3) is 0.375. The molecule has 0 radical (unpaired) electrons. The number of imidazole rings is 1. The van der Waals surface area contributed by atoms with Crippen LogP contribution in [0.4, 0.5) is 5.82 Å². The number of nitrogens with zero attached hydrogens (tertiary/aromatic N) is 4. The number of carbonyl (C=O) groups excluding carboxylic acids is 4. The van der Waals surface area contributed by atoms with Crippen molar-refractivity contribution in [2.24, 2.45) is 0 Å². The molecule has 37 heavy (non-hydrogen) atoms. The number of anilines is 1. The first kappa shape index (κ1) is 25.7. The summed E-state index contributed by atoms with van der Waals surface area (Å²) >= 11 is 0. The number of carbonyl (C=O) groups is 4. The minimum Gasteiger partial charge on any atom is -0.456 e. The van der Waals surface area contributed by atoms with E-state index in [4.69, 9.17) is 18.9 Å². The maximum absolute atomic E-state index is 12.7. The summed E-state index contributed by atoms with van der Waals surface area (Å²) < 4.78 is 23.9. The van der Waals surface area contributed by atoms with Gasteiger partial charge in [0, 0.05) is 26.3 Å². The highest BCUT2D eigenvalue weighted by Crippen LogP contribution is 2.36. The molecule has 5 atom stereocenters. The third-order valence-electron chi connectivity index (χ3n) is 5.55. The Labute approximate surface area is 211 Å². The predicted molar refractivity (Wildman–Crippen MR) is 126 cm³/mol. The van der Waals surface area contributed by atoms with Crippen molar-refractivity contribution >= 4 is 40.8 Å². The summed E-state index contributed by atoms with van der Waals surface area (Å²) in [5.74, 6) is -2.22. The first-order valence-corrected chi connectivity index (χ1v) is 11.4. The molecule has 1 N–H and O–H groups in total. The first-order chi connectivity index (χ1) is 17.7. The van der Waals surface area contributed by atoms with Gasteiger partial charge in [0.05, 0.1) is 12.4 Å². The lowest BCUT2D eigenvalue weighted by Crippen LogP contribution is -2.58. The van der Waals surface area contributed by atoms with E-state index < -0.39 is 54.5 Å². The van der Waals surface area contributed by atoms with Crippen LogP contribution in [0.15, 0.2) is 43.0 Å². The number of fused-ring (bicyclic) bond motifs is 1. The van der Waals surface area contributed by atoms with E-state index in [1.54, 1.807) is 37.3 Å². The minimum atomic E-state index is -1.23. The van der Waals surface area contributed by atoms with Crippen LogP contribution >= 0.6 is 0 Å². The maximum Gasteiger partial charge on any atom is 0.303 e. The van der Waals surface area contributed by atoms with Gasteiger partial charge >= 0.3 is 17.9 Å². The van der Waals surface area contributed by atoms with Crippen molar-refractivity contribution in [1.29, 1.82) is 0 Å². The second-order valence-corrected chi connectivity index (χ2v) is 8.32. The van der Waals surface area contributed by atoms with E-state index in [0.717, 1.165) is 0 Å². The average Bonchev–Trinajstić information content (AvgIpc) is 3.28. The molecule has 13 heteroatoms. The summed E-state index contributed by atoms with van der Waals surface area (Å²) in [6.45, 7) is 5.20. The van der Waals surface area contributed by atoms with Crippen LogP contribution in [0.25, 0.3) is 11.2 Å². The first-order valence-electron chi connectivity index (χ1n) is 11.4. The summed E-state index contributed by atoms with van der Waals surface area (Å²) in [4.78, 5) is 61.1. The molecule has 3 heterocycles. The van der Waals surface area contributed by atoms with Crippen LogP contribution in [0.5, 0.6) is 0 Å². The molecule has 3 aromatic rings. The van der Waals surface area contributed by atoms with E-state index in [0.29, 0.717) is 5.56 Å². The Hall–Kier alpha value is -4.39. The second-order valence-electron chi connectivity index (χ2n) is 8.32. The van der Waals surface area contributed by atoms with E-state index in [1.165, 1.54) is 38.0 Å². The molecule has 1 aromatic carbocycles. The summed E-state index contributed by atoms with van der Waals surface area (Å²) in [5, 5.41) is 2.71. The number of nitrogens with one attached hydrogen (secondary N) is 1. The van der Waals surface area contributed by atoms with Crippen LogP contribution in [0.3, 0.4) is 0 Å². The van der Waals surface area contributed by atoms with E-state index in [-0.39, 0.29) is 17.0 Å². The highest BCUT2D eigenvalue weighted by molar-refractivity contribution is 6.06. The lowest BCUT2D eigenvalue weighted by molar-refractivity contribution is -0.259. The number of hydrogen-bond acceptors (Lipinski definition) is 11. The van der Waals surface area contributed by atoms with Crippen molar-refractivity contribution in [2.75, 3.05) is 5.32 Å². The average molecular weight is 511 g/mol. The summed E-state index contributed by atoms with van der Waals surface area (Å²) in [6.07, 6.45) is -2.70. The van der Waals surface area contributed by atoms with Gasteiger partial charge in [-0.05, 0) is 19.1 Å². The van der Waals surface area contributed by atoms with Crippen molar-refractivity contribution in [3.05, 3.63) is 48.5 Å². The van der Waals surface area contributed by atoms with Gasteiger partial charge in [-0.25, -0.2) is 15.0 Å². The number of benzene rings is 1. The van der Waals surface area contributed by atoms with E-state index in [2.05, 4.69) is 20.3 Å². The molecule has 0 bridgehead atoms. The number of aromatic nitrogens is 4. The van der Waals surface area contributed by atoms with Gasteiger partial charge < -0.3 is 24.3 Å². The van der Waals surface area contributed by atoms with Gasteiger partial charge in [-0.15, -0.1) is 0 Å². The molecule has 2 aromatic heterocycles. The summed E-state index contributed by atoms with van der Waals surface area (Å²) in [6, 6.07) is 8.57. The Morgan fingerprint density at radius 1 is 0.865 bits per heavy atom.